The summed E-state index contributed by atoms with van der Waals surface area (Å²) in [5, 5.41) is 19.4. The Morgan fingerprint density at radius 3 is 2.88 bits per heavy atom. The zero-order chi connectivity index (χ0) is 22.9. The van der Waals surface area contributed by atoms with Crippen molar-refractivity contribution in [1.82, 2.24) is 19.7 Å². The molecular formula is C22H18F2N4O4S. The SMILES string of the molecule is O=C1c2c(O)c(=O)c(-c3nnc(Cc4ccc(F)cc4F)s3)cn2C[C@H]2O[C@@H]3CCC(C3)N12. The number of rotatable bonds is 3. The predicted octanol–water partition coefficient (Wildman–Crippen LogP) is 2.67. The highest BCUT2D eigenvalue weighted by Gasteiger charge is 2.47. The van der Waals surface area contributed by atoms with Gasteiger partial charge in [-0.3, -0.25) is 9.59 Å². The molecule has 2 fully saturated rings. The molecule has 1 aliphatic carbocycles. The van der Waals surface area contributed by atoms with Crippen LogP contribution < -0.4 is 5.43 Å². The van der Waals surface area contributed by atoms with E-state index in [2.05, 4.69) is 10.2 Å². The van der Waals surface area contributed by atoms with E-state index in [1.807, 2.05) is 0 Å². The fourth-order valence-electron chi connectivity index (χ4n) is 4.97. The maximum Gasteiger partial charge on any atom is 0.276 e. The molecule has 170 valence electrons. The molecule has 1 aromatic carbocycles. The van der Waals surface area contributed by atoms with Gasteiger partial charge < -0.3 is 19.3 Å². The van der Waals surface area contributed by atoms with Crippen molar-refractivity contribution >= 4 is 17.2 Å². The highest BCUT2D eigenvalue weighted by atomic mass is 32.1. The van der Waals surface area contributed by atoms with E-state index < -0.39 is 34.9 Å². The summed E-state index contributed by atoms with van der Waals surface area (Å²) in [6, 6.07) is 3.35. The molecular weight excluding hydrogens is 454 g/mol. The number of hydrogen-bond donors (Lipinski definition) is 1. The average molecular weight is 472 g/mol. The van der Waals surface area contributed by atoms with E-state index >= 15 is 0 Å². The smallest absolute Gasteiger partial charge is 0.276 e. The number of benzene rings is 1. The van der Waals surface area contributed by atoms with Gasteiger partial charge in [-0.2, -0.15) is 0 Å². The number of carbonyl (C=O) groups is 1. The number of hydrogen-bond acceptors (Lipinski definition) is 7. The van der Waals surface area contributed by atoms with Gasteiger partial charge in [0.25, 0.3) is 5.91 Å². The van der Waals surface area contributed by atoms with E-state index in [1.54, 1.807) is 9.47 Å². The Morgan fingerprint density at radius 1 is 1.21 bits per heavy atom. The second-order valence-electron chi connectivity index (χ2n) is 8.53. The summed E-state index contributed by atoms with van der Waals surface area (Å²) in [7, 11) is 0. The molecule has 2 aromatic heterocycles. The first-order chi connectivity index (χ1) is 15.9. The molecule has 3 aromatic rings. The molecule has 2 bridgehead atoms. The van der Waals surface area contributed by atoms with Crippen LogP contribution in [0.15, 0.2) is 29.2 Å². The fourth-order valence-corrected chi connectivity index (χ4v) is 5.84. The monoisotopic (exact) mass is 472 g/mol. The van der Waals surface area contributed by atoms with Gasteiger partial charge in [-0.15, -0.1) is 10.2 Å². The first kappa shape index (κ1) is 20.4. The highest BCUT2D eigenvalue weighted by Crippen LogP contribution is 2.39. The number of ether oxygens (including phenoxy) is 1. The quantitative estimate of drug-likeness (QED) is 0.630. The maximum absolute atomic E-state index is 14.0. The number of fused-ring (bicyclic) bond motifs is 5. The average Bonchev–Trinajstić information content (AvgIpc) is 3.39. The summed E-state index contributed by atoms with van der Waals surface area (Å²) in [4.78, 5) is 27.7. The topological polar surface area (TPSA) is 97.5 Å². The molecule has 1 saturated heterocycles. The molecule has 0 radical (unpaired) electrons. The van der Waals surface area contributed by atoms with Crippen LogP contribution in [0, 0.1) is 11.6 Å². The second kappa shape index (κ2) is 7.42. The van der Waals surface area contributed by atoms with Crippen molar-refractivity contribution in [3.8, 4) is 16.3 Å². The number of nitrogens with zero attached hydrogens (tertiary/aromatic N) is 4. The van der Waals surface area contributed by atoms with E-state index in [1.165, 1.54) is 12.3 Å². The van der Waals surface area contributed by atoms with E-state index in [-0.39, 0.29) is 40.4 Å². The maximum atomic E-state index is 14.0. The number of carbonyl (C=O) groups excluding carboxylic acids is 1. The van der Waals surface area contributed by atoms with Gasteiger partial charge in [-0.05, 0) is 30.9 Å². The molecule has 1 N–H and O–H groups in total. The minimum absolute atomic E-state index is 0.0490. The van der Waals surface area contributed by atoms with Crippen LogP contribution in [-0.2, 0) is 17.7 Å². The van der Waals surface area contributed by atoms with Crippen molar-refractivity contribution in [2.75, 3.05) is 0 Å². The van der Waals surface area contributed by atoms with Crippen molar-refractivity contribution < 1.29 is 23.4 Å². The van der Waals surface area contributed by atoms with E-state index in [9.17, 15) is 23.5 Å². The highest BCUT2D eigenvalue weighted by molar-refractivity contribution is 7.14. The predicted molar refractivity (Wildman–Crippen MR) is 113 cm³/mol. The van der Waals surface area contributed by atoms with Crippen molar-refractivity contribution in [2.45, 2.75) is 50.6 Å². The summed E-state index contributed by atoms with van der Waals surface area (Å²) < 4.78 is 34.7. The standard InChI is InChI=1S/C22H18F2N4O4S/c23-11-2-1-10(15(24)6-11)5-16-25-26-21(33-16)14-8-27-9-17-28(12-3-4-13(7-12)32-17)22(31)18(27)20(30)19(14)29/h1-2,6,8,12-13,17,30H,3-5,7,9H2/t12?,13-,17-/m1/s1. The van der Waals surface area contributed by atoms with Gasteiger partial charge in [0.05, 0.1) is 18.2 Å². The van der Waals surface area contributed by atoms with Gasteiger partial charge >= 0.3 is 0 Å². The molecule has 0 spiro atoms. The van der Waals surface area contributed by atoms with Gasteiger partial charge in [0.15, 0.2) is 22.7 Å². The first-order valence-corrected chi connectivity index (χ1v) is 11.4. The molecule has 1 saturated carbocycles. The van der Waals surface area contributed by atoms with E-state index in [0.717, 1.165) is 42.7 Å². The number of aromatic nitrogens is 3. The minimum Gasteiger partial charge on any atom is -0.503 e. The number of amides is 1. The molecule has 4 heterocycles. The van der Waals surface area contributed by atoms with Gasteiger partial charge in [0.1, 0.15) is 16.6 Å². The molecule has 6 rings (SSSR count). The van der Waals surface area contributed by atoms with E-state index in [0.29, 0.717) is 11.6 Å². The van der Waals surface area contributed by atoms with Gasteiger partial charge in [0, 0.05) is 24.7 Å². The van der Waals surface area contributed by atoms with Crippen LogP contribution in [0.5, 0.6) is 5.75 Å². The molecule has 3 atom stereocenters. The number of halogens is 2. The minimum atomic E-state index is -0.717. The van der Waals surface area contributed by atoms with Crippen LogP contribution in [-0.4, -0.2) is 49.1 Å². The Labute approximate surface area is 190 Å². The molecule has 3 aliphatic rings. The molecule has 33 heavy (non-hydrogen) atoms. The summed E-state index contributed by atoms with van der Waals surface area (Å²) in [5.41, 5.74) is -0.420. The van der Waals surface area contributed by atoms with Crippen LogP contribution in [0.4, 0.5) is 8.78 Å². The molecule has 1 unspecified atom stereocenters. The summed E-state index contributed by atoms with van der Waals surface area (Å²) >= 11 is 1.07. The third-order valence-electron chi connectivity index (χ3n) is 6.51. The van der Waals surface area contributed by atoms with Gasteiger partial charge in [-0.25, -0.2) is 8.78 Å². The Morgan fingerprint density at radius 2 is 2.06 bits per heavy atom. The van der Waals surface area contributed by atoms with Crippen molar-refractivity contribution in [3.63, 3.8) is 0 Å². The van der Waals surface area contributed by atoms with Crippen LogP contribution >= 0.6 is 11.3 Å². The third-order valence-corrected chi connectivity index (χ3v) is 7.47. The number of aromatic hydroxyl groups is 1. The molecule has 1 amide bonds. The Balaban J connectivity index is 1.35. The van der Waals surface area contributed by atoms with Gasteiger partial charge in [0.2, 0.25) is 5.43 Å². The van der Waals surface area contributed by atoms with Crippen molar-refractivity contribution in [3.05, 3.63) is 62.5 Å². The Bertz CT molecular complexity index is 1360. The first-order valence-electron chi connectivity index (χ1n) is 10.6. The zero-order valence-electron chi connectivity index (χ0n) is 17.2. The molecule has 8 nitrogen and oxygen atoms in total. The van der Waals surface area contributed by atoms with Crippen LogP contribution in [0.25, 0.3) is 10.6 Å². The summed E-state index contributed by atoms with van der Waals surface area (Å²) in [6.07, 6.45) is 3.75. The molecule has 2 aliphatic heterocycles. The normalized spacial score (nSPS) is 23.5. The lowest BCUT2D eigenvalue weighted by molar-refractivity contribution is -0.132. The molecule has 11 heteroatoms. The summed E-state index contributed by atoms with van der Waals surface area (Å²) in [5.74, 6) is -2.41. The zero-order valence-corrected chi connectivity index (χ0v) is 18.0. The third kappa shape index (κ3) is 3.25. The lowest BCUT2D eigenvalue weighted by atomic mass is 10.1. The van der Waals surface area contributed by atoms with Crippen LogP contribution in [0.3, 0.4) is 0 Å². The lowest BCUT2D eigenvalue weighted by Gasteiger charge is -2.44. The largest absolute Gasteiger partial charge is 0.503 e. The second-order valence-corrected chi connectivity index (χ2v) is 9.59. The van der Waals surface area contributed by atoms with Gasteiger partial charge in [-0.1, -0.05) is 17.4 Å². The lowest BCUT2D eigenvalue weighted by Crippen LogP contribution is -2.57. The Kier molecular flexibility index (Phi) is 4.59. The van der Waals surface area contributed by atoms with E-state index in [4.69, 9.17) is 4.74 Å². The van der Waals surface area contributed by atoms with Crippen LogP contribution in [0.2, 0.25) is 0 Å². The number of pyridine rings is 1. The van der Waals surface area contributed by atoms with Crippen LogP contribution in [0.1, 0.15) is 40.3 Å². The van der Waals surface area contributed by atoms with Crippen molar-refractivity contribution in [1.29, 1.82) is 0 Å². The summed E-state index contributed by atoms with van der Waals surface area (Å²) in [6.45, 7) is 0.293. The fraction of sp³-hybridized carbons (Fsp3) is 0.364. The van der Waals surface area contributed by atoms with Crippen molar-refractivity contribution in [2.24, 2.45) is 0 Å². The Hall–Kier alpha value is -3.18.